The normalized spacial score (nSPS) is 28.0. The Morgan fingerprint density at radius 3 is 2.32 bits per heavy atom. The number of nitrogens with one attached hydrogen (secondary N) is 1. The van der Waals surface area contributed by atoms with Crippen LogP contribution >= 0.6 is 0 Å². The molecule has 0 fully saturated rings. The van der Waals surface area contributed by atoms with E-state index in [0.29, 0.717) is 29.7 Å². The predicted molar refractivity (Wildman–Crippen MR) is 93.6 cm³/mol. The maximum absolute atomic E-state index is 13.0. The number of allylic oxidation sites excluding steroid dienone is 4. The lowest BCUT2D eigenvalue weighted by Crippen LogP contribution is -2.38. The molecule has 2 aliphatic carbocycles. The molecule has 0 spiro atoms. The summed E-state index contributed by atoms with van der Waals surface area (Å²) in [6, 6.07) is 9.57. The minimum absolute atomic E-state index is 0.0685. The van der Waals surface area contributed by atoms with E-state index in [9.17, 15) is 14.4 Å². The van der Waals surface area contributed by atoms with Crippen LogP contribution in [0.4, 0.5) is 0 Å². The lowest BCUT2D eigenvalue weighted by Gasteiger charge is -2.38. The quantitative estimate of drug-likeness (QED) is 0.801. The molecule has 1 aromatic rings. The van der Waals surface area contributed by atoms with E-state index in [1.807, 2.05) is 30.3 Å². The topological polar surface area (TPSA) is 63.2 Å². The highest BCUT2D eigenvalue weighted by molar-refractivity contribution is 6.26. The summed E-state index contributed by atoms with van der Waals surface area (Å²) < 4.78 is 0. The molecule has 0 saturated heterocycles. The summed E-state index contributed by atoms with van der Waals surface area (Å²) >= 11 is 0. The smallest absolute Gasteiger partial charge is 0.189 e. The Labute approximate surface area is 147 Å². The summed E-state index contributed by atoms with van der Waals surface area (Å²) in [5.41, 5.74) is 3.08. The zero-order valence-electron chi connectivity index (χ0n) is 14.7. The molecular weight excluding hydrogens is 314 g/mol. The largest absolute Gasteiger partial charge is 0.355 e. The third kappa shape index (κ3) is 2.31. The van der Waals surface area contributed by atoms with Crippen molar-refractivity contribution in [1.82, 2.24) is 5.32 Å². The molecule has 0 radical (unpaired) electrons. The van der Waals surface area contributed by atoms with Crippen LogP contribution in [0.1, 0.15) is 45.1 Å². The zero-order valence-corrected chi connectivity index (χ0v) is 14.7. The average molecular weight is 335 g/mol. The summed E-state index contributed by atoms with van der Waals surface area (Å²) in [7, 11) is 0. The Morgan fingerprint density at radius 1 is 0.960 bits per heavy atom. The van der Waals surface area contributed by atoms with Gasteiger partial charge in [-0.15, -0.1) is 0 Å². The van der Waals surface area contributed by atoms with Gasteiger partial charge >= 0.3 is 0 Å². The second-order valence-corrected chi connectivity index (χ2v) is 8.04. The molecule has 4 nitrogen and oxygen atoms in total. The fraction of sp³-hybridized carbons (Fsp3) is 0.381. The second-order valence-electron chi connectivity index (χ2n) is 8.04. The van der Waals surface area contributed by atoms with E-state index < -0.39 is 11.8 Å². The minimum Gasteiger partial charge on any atom is -0.355 e. The van der Waals surface area contributed by atoms with E-state index in [2.05, 4.69) is 19.2 Å². The summed E-state index contributed by atoms with van der Waals surface area (Å²) in [4.78, 5) is 38.4. The first-order valence-corrected chi connectivity index (χ1v) is 8.71. The van der Waals surface area contributed by atoms with Crippen molar-refractivity contribution in [3.63, 3.8) is 0 Å². The number of rotatable bonds is 1. The van der Waals surface area contributed by atoms with Crippen LogP contribution in [-0.2, 0) is 14.4 Å². The summed E-state index contributed by atoms with van der Waals surface area (Å²) in [5, 5.41) is 3.18. The van der Waals surface area contributed by atoms with Gasteiger partial charge in [0.15, 0.2) is 17.3 Å². The maximum atomic E-state index is 13.0. The number of carbonyl (C=O) groups excluding carboxylic acids is 3. The monoisotopic (exact) mass is 335 g/mol. The number of hydrogen-bond acceptors (Lipinski definition) is 4. The number of carbonyl (C=O) groups is 3. The van der Waals surface area contributed by atoms with Crippen LogP contribution in [0, 0.1) is 11.3 Å². The standard InChI is InChI=1S/C21H21NO3/c1-11-19(24)17-15(12-7-5-4-6-8-12)16-13(22-18(17)20(11)25)9-21(2,3)10-14(16)23/h4-8,11,15,22H,9-10H2,1-3H3. The highest BCUT2D eigenvalue weighted by Crippen LogP contribution is 2.49. The average Bonchev–Trinajstić information content (AvgIpc) is 2.77. The molecule has 3 aliphatic rings. The molecule has 0 saturated carbocycles. The molecule has 1 N–H and O–H groups in total. The molecular formula is C21H21NO3. The van der Waals surface area contributed by atoms with Crippen molar-refractivity contribution >= 4 is 17.3 Å². The summed E-state index contributed by atoms with van der Waals surface area (Å²) in [6.07, 6.45) is 1.15. The highest BCUT2D eigenvalue weighted by atomic mass is 16.2. The summed E-state index contributed by atoms with van der Waals surface area (Å²) in [6.45, 7) is 5.77. The first-order chi connectivity index (χ1) is 11.8. The molecule has 2 unspecified atom stereocenters. The van der Waals surface area contributed by atoms with Gasteiger partial charge in [-0.3, -0.25) is 14.4 Å². The lowest BCUT2D eigenvalue weighted by molar-refractivity contribution is -0.125. The first kappa shape index (κ1) is 16.0. The fourth-order valence-corrected chi connectivity index (χ4v) is 4.30. The lowest BCUT2D eigenvalue weighted by atomic mass is 9.68. The van der Waals surface area contributed by atoms with Gasteiger partial charge in [0.25, 0.3) is 0 Å². The van der Waals surface area contributed by atoms with Crippen molar-refractivity contribution in [3.05, 3.63) is 58.4 Å². The van der Waals surface area contributed by atoms with Gasteiger partial charge in [0, 0.05) is 29.2 Å². The van der Waals surface area contributed by atoms with Gasteiger partial charge in [0.2, 0.25) is 0 Å². The second kappa shape index (κ2) is 5.25. The van der Waals surface area contributed by atoms with Crippen LogP contribution in [0.2, 0.25) is 0 Å². The van der Waals surface area contributed by atoms with Crippen molar-refractivity contribution in [2.45, 2.75) is 39.5 Å². The van der Waals surface area contributed by atoms with Crippen LogP contribution in [-0.4, -0.2) is 17.3 Å². The van der Waals surface area contributed by atoms with Crippen molar-refractivity contribution in [2.75, 3.05) is 0 Å². The van der Waals surface area contributed by atoms with Gasteiger partial charge in [0.05, 0.1) is 11.6 Å². The number of Topliss-reactive ketones (excluding diaryl/α,β-unsaturated/α-hetero) is 3. The molecule has 0 amide bonds. The Kier molecular flexibility index (Phi) is 3.36. The van der Waals surface area contributed by atoms with Crippen LogP contribution in [0.3, 0.4) is 0 Å². The SMILES string of the molecule is CC1C(=O)C2=C(C1=O)C(c1ccccc1)C1=C(CC(C)(C)CC1=O)N2. The number of dihydropyridines is 1. The van der Waals surface area contributed by atoms with Crippen LogP contribution in [0.5, 0.6) is 0 Å². The van der Waals surface area contributed by atoms with E-state index in [1.165, 1.54) is 0 Å². The van der Waals surface area contributed by atoms with Crippen molar-refractivity contribution in [1.29, 1.82) is 0 Å². The molecule has 4 rings (SSSR count). The Hall–Kier alpha value is -2.49. The Bertz CT molecular complexity index is 874. The van der Waals surface area contributed by atoms with Crippen molar-refractivity contribution in [3.8, 4) is 0 Å². The van der Waals surface area contributed by atoms with Crippen LogP contribution < -0.4 is 5.32 Å². The molecule has 1 aromatic carbocycles. The Morgan fingerprint density at radius 2 is 1.64 bits per heavy atom. The van der Waals surface area contributed by atoms with Gasteiger partial charge < -0.3 is 5.32 Å². The van der Waals surface area contributed by atoms with E-state index in [-0.39, 0.29) is 22.8 Å². The van der Waals surface area contributed by atoms with Crippen LogP contribution in [0.25, 0.3) is 0 Å². The van der Waals surface area contributed by atoms with Crippen molar-refractivity contribution in [2.24, 2.45) is 11.3 Å². The third-order valence-electron chi connectivity index (χ3n) is 5.47. The highest BCUT2D eigenvalue weighted by Gasteiger charge is 2.49. The van der Waals surface area contributed by atoms with Crippen molar-refractivity contribution < 1.29 is 14.4 Å². The van der Waals surface area contributed by atoms with E-state index >= 15 is 0 Å². The van der Waals surface area contributed by atoms with E-state index in [4.69, 9.17) is 0 Å². The van der Waals surface area contributed by atoms with Gasteiger partial charge in [-0.05, 0) is 24.3 Å². The number of ketones is 3. The molecule has 2 atom stereocenters. The third-order valence-corrected chi connectivity index (χ3v) is 5.47. The van der Waals surface area contributed by atoms with E-state index in [0.717, 1.165) is 11.3 Å². The minimum atomic E-state index is -0.673. The van der Waals surface area contributed by atoms with Gasteiger partial charge in [-0.25, -0.2) is 0 Å². The number of hydrogen-bond donors (Lipinski definition) is 1. The zero-order chi connectivity index (χ0) is 17.9. The van der Waals surface area contributed by atoms with Crippen LogP contribution in [0.15, 0.2) is 52.9 Å². The molecule has 25 heavy (non-hydrogen) atoms. The maximum Gasteiger partial charge on any atom is 0.189 e. The summed E-state index contributed by atoms with van der Waals surface area (Å²) in [5.74, 6) is -1.36. The molecule has 0 aromatic heterocycles. The first-order valence-electron chi connectivity index (χ1n) is 8.71. The van der Waals surface area contributed by atoms with E-state index in [1.54, 1.807) is 6.92 Å². The molecule has 1 heterocycles. The fourth-order valence-electron chi connectivity index (χ4n) is 4.30. The molecule has 128 valence electrons. The Balaban J connectivity index is 1.94. The predicted octanol–water partition coefficient (Wildman–Crippen LogP) is 3.06. The molecule has 1 aliphatic heterocycles. The number of benzene rings is 1. The molecule has 4 heteroatoms. The van der Waals surface area contributed by atoms with Gasteiger partial charge in [-0.2, -0.15) is 0 Å². The van der Waals surface area contributed by atoms with Gasteiger partial charge in [-0.1, -0.05) is 44.2 Å². The molecule has 0 bridgehead atoms. The van der Waals surface area contributed by atoms with Gasteiger partial charge in [0.1, 0.15) is 0 Å².